The molecule has 1 aliphatic carbocycles. The van der Waals surface area contributed by atoms with Crippen molar-refractivity contribution in [2.45, 2.75) is 25.8 Å². The lowest BCUT2D eigenvalue weighted by atomic mass is 9.92. The lowest BCUT2D eigenvalue weighted by Crippen LogP contribution is -2.33. The Morgan fingerprint density at radius 1 is 1.30 bits per heavy atom. The quantitative estimate of drug-likeness (QED) is 0.909. The van der Waals surface area contributed by atoms with Crippen LogP contribution in [0, 0.1) is 11.3 Å². The summed E-state index contributed by atoms with van der Waals surface area (Å²) in [6, 6.07) is 9.86. The number of nitrogens with zero attached hydrogens (tertiary/aromatic N) is 1. The van der Waals surface area contributed by atoms with Gasteiger partial charge in [0.05, 0.1) is 6.54 Å². The summed E-state index contributed by atoms with van der Waals surface area (Å²) >= 11 is 0. The third-order valence-corrected chi connectivity index (χ3v) is 5.21. The Hall–Kier alpha value is -2.14. The van der Waals surface area contributed by atoms with Gasteiger partial charge in [-0.3, -0.25) is 4.79 Å². The predicted octanol–water partition coefficient (Wildman–Crippen LogP) is 2.35. The Balaban J connectivity index is 1.39. The van der Waals surface area contributed by atoms with Crippen LogP contribution in [0.5, 0.6) is 0 Å². The van der Waals surface area contributed by atoms with E-state index in [1.165, 1.54) is 6.39 Å². The lowest BCUT2D eigenvalue weighted by Gasteiger charge is -2.23. The van der Waals surface area contributed by atoms with Crippen molar-refractivity contribution >= 4 is 5.91 Å². The number of benzene rings is 1. The fourth-order valence-corrected chi connectivity index (χ4v) is 3.71. The number of hydrogen-bond acceptors (Lipinski definition) is 4. The van der Waals surface area contributed by atoms with E-state index < -0.39 is 0 Å². The molecule has 2 N–H and O–H groups in total. The largest absolute Gasteiger partial charge is 0.443 e. The van der Waals surface area contributed by atoms with Crippen LogP contribution >= 0.6 is 0 Å². The number of aromatic nitrogens is 1. The minimum Gasteiger partial charge on any atom is -0.443 e. The maximum absolute atomic E-state index is 12.4. The molecule has 1 spiro atoms. The van der Waals surface area contributed by atoms with Crippen molar-refractivity contribution in [3.8, 4) is 11.3 Å². The maximum atomic E-state index is 12.4. The lowest BCUT2D eigenvalue weighted by molar-refractivity contribution is -0.123. The van der Waals surface area contributed by atoms with E-state index in [1.54, 1.807) is 0 Å². The summed E-state index contributed by atoms with van der Waals surface area (Å²) in [5.41, 5.74) is 2.03. The average molecular weight is 311 g/mol. The first-order chi connectivity index (χ1) is 11.3. The Morgan fingerprint density at radius 3 is 2.87 bits per heavy atom. The van der Waals surface area contributed by atoms with Crippen molar-refractivity contribution in [3.63, 3.8) is 0 Å². The van der Waals surface area contributed by atoms with Gasteiger partial charge in [-0.05, 0) is 37.8 Å². The molecule has 1 aromatic heterocycles. The number of amides is 1. The van der Waals surface area contributed by atoms with E-state index >= 15 is 0 Å². The number of nitrogens with one attached hydrogen (secondary N) is 2. The summed E-state index contributed by atoms with van der Waals surface area (Å²) in [6.07, 6.45) is 4.70. The zero-order valence-corrected chi connectivity index (χ0v) is 13.0. The molecule has 2 aromatic rings. The fourth-order valence-electron chi connectivity index (χ4n) is 3.71. The van der Waals surface area contributed by atoms with Crippen molar-refractivity contribution in [1.82, 2.24) is 15.6 Å². The Labute approximate surface area is 135 Å². The third kappa shape index (κ3) is 2.77. The molecule has 5 nitrogen and oxygen atoms in total. The molecule has 1 saturated carbocycles. The van der Waals surface area contributed by atoms with Crippen LogP contribution in [0.3, 0.4) is 0 Å². The number of oxazole rings is 1. The third-order valence-electron chi connectivity index (χ3n) is 5.21. The number of piperidine rings is 1. The monoisotopic (exact) mass is 311 g/mol. The maximum Gasteiger partial charge on any atom is 0.224 e. The molecule has 2 heterocycles. The molecule has 1 amide bonds. The molecule has 1 atom stereocenters. The van der Waals surface area contributed by atoms with Crippen LogP contribution in [0.4, 0.5) is 0 Å². The minimum atomic E-state index is 0.161. The second kappa shape index (κ2) is 5.81. The summed E-state index contributed by atoms with van der Waals surface area (Å²) in [6.45, 7) is 2.49. The molecule has 0 bridgehead atoms. The molecular weight excluding hydrogens is 290 g/mol. The molecule has 1 saturated heterocycles. The highest BCUT2D eigenvalue weighted by Crippen LogP contribution is 2.58. The van der Waals surface area contributed by atoms with Crippen LogP contribution in [-0.4, -0.2) is 24.0 Å². The van der Waals surface area contributed by atoms with Crippen LogP contribution in [0.1, 0.15) is 25.0 Å². The Morgan fingerprint density at radius 2 is 2.09 bits per heavy atom. The molecule has 4 rings (SSSR count). The van der Waals surface area contributed by atoms with Gasteiger partial charge in [-0.25, -0.2) is 4.98 Å². The number of carbonyl (C=O) groups is 1. The van der Waals surface area contributed by atoms with Crippen molar-refractivity contribution in [2.24, 2.45) is 11.3 Å². The predicted molar refractivity (Wildman–Crippen MR) is 86.4 cm³/mol. The van der Waals surface area contributed by atoms with Gasteiger partial charge in [0.25, 0.3) is 0 Å². The summed E-state index contributed by atoms with van der Waals surface area (Å²) in [4.78, 5) is 16.7. The zero-order valence-electron chi connectivity index (χ0n) is 13.0. The highest BCUT2D eigenvalue weighted by Gasteiger charge is 2.57. The Bertz CT molecular complexity index is 689. The van der Waals surface area contributed by atoms with Gasteiger partial charge in [0, 0.05) is 11.5 Å². The van der Waals surface area contributed by atoms with Gasteiger partial charge in [-0.2, -0.15) is 0 Å². The fraction of sp³-hybridized carbons (Fsp3) is 0.444. The zero-order chi connectivity index (χ0) is 15.7. The van der Waals surface area contributed by atoms with E-state index in [-0.39, 0.29) is 17.2 Å². The normalized spacial score (nSPS) is 22.0. The van der Waals surface area contributed by atoms with Crippen molar-refractivity contribution in [3.05, 3.63) is 42.4 Å². The molecule has 1 aromatic carbocycles. The number of hydrogen-bond donors (Lipinski definition) is 2. The SMILES string of the molecule is O=C(NCc1ncoc1-c1ccccc1)C1CC12CCNCC2. The van der Waals surface area contributed by atoms with Gasteiger partial charge < -0.3 is 15.1 Å². The van der Waals surface area contributed by atoms with E-state index in [1.807, 2.05) is 30.3 Å². The smallest absolute Gasteiger partial charge is 0.224 e. The van der Waals surface area contributed by atoms with Crippen LogP contribution in [-0.2, 0) is 11.3 Å². The standard InChI is InChI=1S/C18H21N3O2/c22-17(14-10-18(14)6-8-19-9-7-18)20-11-15-16(23-12-21-15)13-4-2-1-3-5-13/h1-5,12,14,19H,6-11H2,(H,20,22). The number of rotatable bonds is 4. The Kier molecular flexibility index (Phi) is 3.65. The van der Waals surface area contributed by atoms with Crippen molar-refractivity contribution < 1.29 is 9.21 Å². The molecular formula is C18H21N3O2. The molecule has 2 aliphatic rings. The topological polar surface area (TPSA) is 67.2 Å². The summed E-state index contributed by atoms with van der Waals surface area (Å²) in [5, 5.41) is 6.41. The van der Waals surface area contributed by atoms with E-state index in [0.29, 0.717) is 6.54 Å². The van der Waals surface area contributed by atoms with Gasteiger partial charge in [0.1, 0.15) is 5.69 Å². The van der Waals surface area contributed by atoms with Crippen LogP contribution < -0.4 is 10.6 Å². The second-order valence-electron chi connectivity index (χ2n) is 6.58. The minimum absolute atomic E-state index is 0.161. The summed E-state index contributed by atoms with van der Waals surface area (Å²) in [7, 11) is 0. The molecule has 2 fully saturated rings. The van der Waals surface area contributed by atoms with Crippen molar-refractivity contribution in [2.75, 3.05) is 13.1 Å². The van der Waals surface area contributed by atoms with E-state index in [2.05, 4.69) is 15.6 Å². The molecule has 1 aliphatic heterocycles. The van der Waals surface area contributed by atoms with Gasteiger partial charge >= 0.3 is 0 Å². The van der Waals surface area contributed by atoms with E-state index in [0.717, 1.165) is 49.4 Å². The molecule has 5 heteroatoms. The molecule has 120 valence electrons. The van der Waals surface area contributed by atoms with Crippen LogP contribution in [0.15, 0.2) is 41.1 Å². The molecule has 0 radical (unpaired) electrons. The van der Waals surface area contributed by atoms with E-state index in [4.69, 9.17) is 4.42 Å². The summed E-state index contributed by atoms with van der Waals surface area (Å²) < 4.78 is 5.50. The highest BCUT2D eigenvalue weighted by molar-refractivity contribution is 5.82. The van der Waals surface area contributed by atoms with Gasteiger partial charge in [-0.1, -0.05) is 30.3 Å². The van der Waals surface area contributed by atoms with Gasteiger partial charge in [-0.15, -0.1) is 0 Å². The first kappa shape index (κ1) is 14.5. The van der Waals surface area contributed by atoms with E-state index in [9.17, 15) is 4.79 Å². The van der Waals surface area contributed by atoms with Gasteiger partial charge in [0.15, 0.2) is 12.2 Å². The number of carbonyl (C=O) groups excluding carboxylic acids is 1. The second-order valence-corrected chi connectivity index (χ2v) is 6.58. The molecule has 1 unspecified atom stereocenters. The first-order valence-corrected chi connectivity index (χ1v) is 8.25. The highest BCUT2D eigenvalue weighted by atomic mass is 16.3. The first-order valence-electron chi connectivity index (χ1n) is 8.25. The average Bonchev–Trinajstić information content (AvgIpc) is 3.08. The molecule has 23 heavy (non-hydrogen) atoms. The van der Waals surface area contributed by atoms with Crippen LogP contribution in [0.2, 0.25) is 0 Å². The van der Waals surface area contributed by atoms with Gasteiger partial charge in [0.2, 0.25) is 5.91 Å². The van der Waals surface area contributed by atoms with Crippen LogP contribution in [0.25, 0.3) is 11.3 Å². The van der Waals surface area contributed by atoms with Crippen molar-refractivity contribution in [1.29, 1.82) is 0 Å². The summed E-state index contributed by atoms with van der Waals surface area (Å²) in [5.74, 6) is 1.07.